The number of aromatic amines is 1. The summed E-state index contributed by atoms with van der Waals surface area (Å²) >= 11 is 0. The molecule has 1 aliphatic heterocycles. The van der Waals surface area contributed by atoms with Crippen molar-refractivity contribution in [2.75, 3.05) is 19.6 Å². The third-order valence-corrected chi connectivity index (χ3v) is 5.16. The predicted molar refractivity (Wildman–Crippen MR) is 74.5 cm³/mol. The van der Waals surface area contributed by atoms with Crippen LogP contribution >= 0.6 is 0 Å². The second kappa shape index (κ2) is 6.21. The van der Waals surface area contributed by atoms with Crippen LogP contribution in [0.25, 0.3) is 0 Å². The van der Waals surface area contributed by atoms with Crippen molar-refractivity contribution in [2.45, 2.75) is 37.9 Å². The number of sulfonamides is 1. The van der Waals surface area contributed by atoms with E-state index in [-0.39, 0.29) is 17.2 Å². The molecule has 0 amide bonds. The molecule has 1 fully saturated rings. The second-order valence-electron chi connectivity index (χ2n) is 5.48. The number of aliphatic hydroxyl groups excluding tert-OH is 1. The highest BCUT2D eigenvalue weighted by Crippen LogP contribution is 2.19. The van der Waals surface area contributed by atoms with Crippen LogP contribution in [-0.4, -0.2) is 54.3 Å². The van der Waals surface area contributed by atoms with Gasteiger partial charge >= 0.3 is 0 Å². The van der Waals surface area contributed by atoms with Gasteiger partial charge in [-0.3, -0.25) is 5.10 Å². The lowest BCUT2D eigenvalue weighted by atomic mass is 10.1. The van der Waals surface area contributed by atoms with Crippen LogP contribution in [0.15, 0.2) is 11.2 Å². The van der Waals surface area contributed by atoms with Gasteiger partial charge in [0.05, 0.1) is 12.8 Å². The molecule has 0 saturated carbocycles. The predicted octanol–water partition coefficient (Wildman–Crippen LogP) is -0.0894. The molecule has 8 heteroatoms. The van der Waals surface area contributed by atoms with Crippen molar-refractivity contribution < 1.29 is 13.5 Å². The largest absolute Gasteiger partial charge is 0.392 e. The van der Waals surface area contributed by atoms with E-state index in [2.05, 4.69) is 33.7 Å². The van der Waals surface area contributed by atoms with Crippen LogP contribution < -0.4 is 4.72 Å². The molecule has 1 unspecified atom stereocenters. The Hall–Kier alpha value is -0.960. The van der Waals surface area contributed by atoms with E-state index >= 15 is 0 Å². The van der Waals surface area contributed by atoms with Crippen LogP contribution in [0, 0.1) is 5.92 Å². The summed E-state index contributed by atoms with van der Waals surface area (Å²) in [5, 5.41) is 15.1. The Morgan fingerprint density at radius 1 is 1.60 bits per heavy atom. The molecule has 3 N–H and O–H groups in total. The summed E-state index contributed by atoms with van der Waals surface area (Å²) in [5.41, 5.74) is 0.285. The molecule has 0 radical (unpaired) electrons. The lowest BCUT2D eigenvalue weighted by Crippen LogP contribution is -2.33. The minimum atomic E-state index is -3.63. The fourth-order valence-corrected chi connectivity index (χ4v) is 3.68. The standard InChI is InChI=1S/C12H22N4O3S/c1-9(2)16-4-3-10(7-16)5-14-20(18,19)12-11(8-17)6-13-15-12/h6,9-10,14,17H,3-5,7-8H2,1-2H3,(H,13,15). The van der Waals surface area contributed by atoms with Crippen molar-refractivity contribution in [2.24, 2.45) is 5.92 Å². The molecule has 0 aromatic carbocycles. The lowest BCUT2D eigenvalue weighted by Gasteiger charge is -2.20. The molecule has 0 aliphatic carbocycles. The monoisotopic (exact) mass is 302 g/mol. The van der Waals surface area contributed by atoms with E-state index in [1.165, 1.54) is 6.20 Å². The normalized spacial score (nSPS) is 20.9. The Bertz CT molecular complexity index is 541. The van der Waals surface area contributed by atoms with Crippen molar-refractivity contribution in [3.63, 3.8) is 0 Å². The molecule has 0 bridgehead atoms. The lowest BCUT2D eigenvalue weighted by molar-refractivity contribution is 0.265. The average molecular weight is 302 g/mol. The molecule has 1 aromatic heterocycles. The van der Waals surface area contributed by atoms with Crippen LogP contribution in [0.2, 0.25) is 0 Å². The highest BCUT2D eigenvalue weighted by Gasteiger charge is 2.27. The van der Waals surface area contributed by atoms with Gasteiger partial charge in [0.2, 0.25) is 0 Å². The Balaban J connectivity index is 1.94. The summed E-state index contributed by atoms with van der Waals surface area (Å²) in [4.78, 5) is 2.34. The molecule has 1 aromatic rings. The van der Waals surface area contributed by atoms with E-state index in [4.69, 9.17) is 5.11 Å². The first-order valence-electron chi connectivity index (χ1n) is 6.81. The number of rotatable bonds is 6. The molecule has 114 valence electrons. The SMILES string of the molecule is CC(C)N1CCC(CNS(=O)(=O)c2[nH]ncc2CO)C1. The molecular weight excluding hydrogens is 280 g/mol. The van der Waals surface area contributed by atoms with Crippen molar-refractivity contribution in [1.82, 2.24) is 19.8 Å². The molecule has 0 spiro atoms. The van der Waals surface area contributed by atoms with Crippen molar-refractivity contribution in [3.05, 3.63) is 11.8 Å². The number of hydrogen-bond acceptors (Lipinski definition) is 5. The molecule has 2 heterocycles. The van der Waals surface area contributed by atoms with Gasteiger partial charge in [0.25, 0.3) is 10.0 Å². The molecule has 1 aliphatic rings. The van der Waals surface area contributed by atoms with Crippen molar-refractivity contribution >= 4 is 10.0 Å². The maximum Gasteiger partial charge on any atom is 0.257 e. The van der Waals surface area contributed by atoms with Gasteiger partial charge in [-0.15, -0.1) is 0 Å². The van der Waals surface area contributed by atoms with Gasteiger partial charge in [0.1, 0.15) is 0 Å². The quantitative estimate of drug-likeness (QED) is 0.682. The number of likely N-dealkylation sites (tertiary alicyclic amines) is 1. The molecule has 20 heavy (non-hydrogen) atoms. The minimum Gasteiger partial charge on any atom is -0.392 e. The van der Waals surface area contributed by atoms with E-state index in [1.54, 1.807) is 0 Å². The van der Waals surface area contributed by atoms with E-state index < -0.39 is 10.0 Å². The fraction of sp³-hybridized carbons (Fsp3) is 0.750. The van der Waals surface area contributed by atoms with Gasteiger partial charge in [-0.05, 0) is 32.7 Å². The van der Waals surface area contributed by atoms with E-state index in [0.29, 0.717) is 18.5 Å². The highest BCUT2D eigenvalue weighted by atomic mass is 32.2. The summed E-state index contributed by atoms with van der Waals surface area (Å²) in [7, 11) is -3.63. The van der Waals surface area contributed by atoms with Crippen LogP contribution in [-0.2, 0) is 16.6 Å². The van der Waals surface area contributed by atoms with Crippen LogP contribution in [0.1, 0.15) is 25.8 Å². The van der Waals surface area contributed by atoms with Gasteiger partial charge in [-0.1, -0.05) is 0 Å². The zero-order valence-corrected chi connectivity index (χ0v) is 12.7. The first kappa shape index (κ1) is 15.4. The molecule has 1 atom stereocenters. The maximum absolute atomic E-state index is 12.1. The molecular formula is C12H22N4O3S. The number of hydrogen-bond donors (Lipinski definition) is 3. The summed E-state index contributed by atoms with van der Waals surface area (Å²) in [6.07, 6.45) is 2.32. The van der Waals surface area contributed by atoms with E-state index in [0.717, 1.165) is 19.5 Å². The third kappa shape index (κ3) is 3.38. The third-order valence-electron chi connectivity index (χ3n) is 3.73. The summed E-state index contributed by atoms with van der Waals surface area (Å²) in [6.45, 7) is 6.27. The Kier molecular flexibility index (Phi) is 4.79. The fourth-order valence-electron chi connectivity index (χ4n) is 2.44. The molecule has 7 nitrogen and oxygen atoms in total. The van der Waals surface area contributed by atoms with E-state index in [9.17, 15) is 8.42 Å². The van der Waals surface area contributed by atoms with Crippen LogP contribution in [0.3, 0.4) is 0 Å². The van der Waals surface area contributed by atoms with Crippen LogP contribution in [0.4, 0.5) is 0 Å². The van der Waals surface area contributed by atoms with Gasteiger partial charge in [0, 0.05) is 24.7 Å². The zero-order valence-electron chi connectivity index (χ0n) is 11.8. The first-order valence-corrected chi connectivity index (χ1v) is 8.29. The second-order valence-corrected chi connectivity index (χ2v) is 7.18. The van der Waals surface area contributed by atoms with Gasteiger partial charge in [-0.25, -0.2) is 13.1 Å². The molecule has 2 rings (SSSR count). The van der Waals surface area contributed by atoms with Gasteiger partial charge in [-0.2, -0.15) is 5.10 Å². The van der Waals surface area contributed by atoms with Gasteiger partial charge < -0.3 is 10.0 Å². The van der Waals surface area contributed by atoms with E-state index in [1.807, 2.05) is 0 Å². The number of nitrogens with zero attached hydrogens (tertiary/aromatic N) is 2. The number of aliphatic hydroxyl groups is 1. The van der Waals surface area contributed by atoms with Gasteiger partial charge in [0.15, 0.2) is 5.03 Å². The topological polar surface area (TPSA) is 98.3 Å². The van der Waals surface area contributed by atoms with Crippen molar-refractivity contribution in [1.29, 1.82) is 0 Å². The number of aromatic nitrogens is 2. The summed E-state index contributed by atoms with van der Waals surface area (Å²) in [6, 6.07) is 0.491. The smallest absolute Gasteiger partial charge is 0.257 e. The Labute approximate surface area is 119 Å². The van der Waals surface area contributed by atoms with Crippen molar-refractivity contribution in [3.8, 4) is 0 Å². The highest BCUT2D eigenvalue weighted by molar-refractivity contribution is 7.89. The average Bonchev–Trinajstić information content (AvgIpc) is 3.05. The molecule has 1 saturated heterocycles. The maximum atomic E-state index is 12.1. The number of H-pyrrole nitrogens is 1. The first-order chi connectivity index (χ1) is 9.44. The Morgan fingerprint density at radius 3 is 2.95 bits per heavy atom. The zero-order chi connectivity index (χ0) is 14.8. The number of nitrogens with one attached hydrogen (secondary N) is 2. The Morgan fingerprint density at radius 2 is 2.35 bits per heavy atom. The minimum absolute atomic E-state index is 0.0429. The summed E-state index contributed by atoms with van der Waals surface area (Å²) < 4.78 is 26.9. The van der Waals surface area contributed by atoms with Crippen LogP contribution in [0.5, 0.6) is 0 Å². The summed E-state index contributed by atoms with van der Waals surface area (Å²) in [5.74, 6) is 0.327.